The molecule has 0 aliphatic heterocycles. The lowest BCUT2D eigenvalue weighted by Crippen LogP contribution is -2.27. The first kappa shape index (κ1) is 15.2. The molecule has 1 nitrogen and oxygen atoms in total. The van der Waals surface area contributed by atoms with Crippen LogP contribution in [0.5, 0.6) is 0 Å². The largest absolute Gasteiger partial charge is 0.324 e. The van der Waals surface area contributed by atoms with E-state index in [1.165, 1.54) is 25.7 Å². The molecule has 0 radical (unpaired) electrons. The number of hydrogen-bond acceptors (Lipinski definition) is 1. The van der Waals surface area contributed by atoms with E-state index in [1.54, 1.807) is 0 Å². The zero-order chi connectivity index (χ0) is 14.0. The van der Waals surface area contributed by atoms with Crippen LogP contribution in [-0.4, -0.2) is 0 Å². The third-order valence-electron chi connectivity index (χ3n) is 4.61. The monoisotopic (exact) mass is 299 g/mol. The maximum atomic E-state index is 6.42. The Kier molecular flexibility index (Phi) is 5.16. The van der Waals surface area contributed by atoms with Gasteiger partial charge in [0.1, 0.15) is 0 Å². The standard InChI is InChI=1S/C16H23Cl2N/c1-10(2)11-6-8-12(9-7-11)16(19)13-4-3-5-14(17)15(13)18/h3-5,10-12,16H,6-9,19H2,1-2H3. The predicted molar refractivity (Wildman–Crippen MR) is 83.7 cm³/mol. The molecule has 1 saturated carbocycles. The highest BCUT2D eigenvalue weighted by Crippen LogP contribution is 2.40. The van der Waals surface area contributed by atoms with Crippen molar-refractivity contribution in [1.29, 1.82) is 0 Å². The van der Waals surface area contributed by atoms with Gasteiger partial charge in [0.05, 0.1) is 10.0 Å². The fourth-order valence-corrected chi connectivity index (χ4v) is 3.64. The Bertz CT molecular complexity index is 423. The van der Waals surface area contributed by atoms with Gasteiger partial charge < -0.3 is 5.73 Å². The maximum absolute atomic E-state index is 6.42. The first-order valence-corrected chi connectivity index (χ1v) is 7.95. The van der Waals surface area contributed by atoms with Crippen molar-refractivity contribution in [2.24, 2.45) is 23.5 Å². The smallest absolute Gasteiger partial charge is 0.0640 e. The molecule has 0 bridgehead atoms. The van der Waals surface area contributed by atoms with Gasteiger partial charge in [0, 0.05) is 6.04 Å². The summed E-state index contributed by atoms with van der Waals surface area (Å²) in [6.07, 6.45) is 4.97. The molecular formula is C16H23Cl2N. The highest BCUT2D eigenvalue weighted by atomic mass is 35.5. The second-order valence-corrected chi connectivity index (χ2v) is 6.87. The molecule has 0 heterocycles. The third kappa shape index (κ3) is 3.45. The van der Waals surface area contributed by atoms with E-state index >= 15 is 0 Å². The molecule has 2 N–H and O–H groups in total. The number of rotatable bonds is 3. The Hall–Kier alpha value is -0.240. The van der Waals surface area contributed by atoms with Gasteiger partial charge in [0.15, 0.2) is 0 Å². The summed E-state index contributed by atoms with van der Waals surface area (Å²) in [5.74, 6) is 2.18. The van der Waals surface area contributed by atoms with Crippen molar-refractivity contribution < 1.29 is 0 Å². The Balaban J connectivity index is 2.05. The van der Waals surface area contributed by atoms with Gasteiger partial charge >= 0.3 is 0 Å². The molecule has 106 valence electrons. The minimum Gasteiger partial charge on any atom is -0.324 e. The maximum Gasteiger partial charge on any atom is 0.0640 e. The van der Waals surface area contributed by atoms with Crippen LogP contribution in [0.3, 0.4) is 0 Å². The number of benzene rings is 1. The zero-order valence-corrected chi connectivity index (χ0v) is 13.2. The molecular weight excluding hydrogens is 277 g/mol. The lowest BCUT2D eigenvalue weighted by Gasteiger charge is -2.34. The second kappa shape index (κ2) is 6.47. The Labute approximate surface area is 126 Å². The average molecular weight is 300 g/mol. The van der Waals surface area contributed by atoms with Crippen molar-refractivity contribution in [1.82, 2.24) is 0 Å². The molecule has 1 unspecified atom stereocenters. The molecule has 0 spiro atoms. The van der Waals surface area contributed by atoms with Gasteiger partial charge in [-0.1, -0.05) is 49.2 Å². The molecule has 1 aliphatic rings. The molecule has 0 aromatic heterocycles. The first-order valence-electron chi connectivity index (χ1n) is 7.20. The van der Waals surface area contributed by atoms with Gasteiger partial charge in [-0.15, -0.1) is 0 Å². The first-order chi connectivity index (χ1) is 9.00. The van der Waals surface area contributed by atoms with Crippen LogP contribution in [0.25, 0.3) is 0 Å². The summed E-state index contributed by atoms with van der Waals surface area (Å²) in [5, 5.41) is 1.23. The van der Waals surface area contributed by atoms with Gasteiger partial charge in [-0.05, 0) is 55.1 Å². The van der Waals surface area contributed by atoms with Gasteiger partial charge in [-0.3, -0.25) is 0 Å². The molecule has 0 saturated heterocycles. The van der Waals surface area contributed by atoms with Crippen molar-refractivity contribution in [2.45, 2.75) is 45.6 Å². The third-order valence-corrected chi connectivity index (χ3v) is 5.44. The highest BCUT2D eigenvalue weighted by Gasteiger charge is 2.28. The number of halogens is 2. The van der Waals surface area contributed by atoms with Crippen LogP contribution in [-0.2, 0) is 0 Å². The minimum atomic E-state index is 0.0133. The fourth-order valence-electron chi connectivity index (χ4n) is 3.20. The van der Waals surface area contributed by atoms with Crippen molar-refractivity contribution in [3.8, 4) is 0 Å². The summed E-state index contributed by atoms with van der Waals surface area (Å²) >= 11 is 12.3. The minimum absolute atomic E-state index is 0.0133. The van der Waals surface area contributed by atoms with Crippen LogP contribution in [0.2, 0.25) is 10.0 Å². The van der Waals surface area contributed by atoms with E-state index in [9.17, 15) is 0 Å². The van der Waals surface area contributed by atoms with Crippen LogP contribution in [0.1, 0.15) is 51.1 Å². The SMILES string of the molecule is CC(C)C1CCC(C(N)c2cccc(Cl)c2Cl)CC1. The van der Waals surface area contributed by atoms with Crippen molar-refractivity contribution in [3.05, 3.63) is 33.8 Å². The predicted octanol–water partition coefficient (Wildman–Crippen LogP) is 5.46. The van der Waals surface area contributed by atoms with Crippen molar-refractivity contribution >= 4 is 23.2 Å². The van der Waals surface area contributed by atoms with E-state index in [0.717, 1.165) is 17.4 Å². The highest BCUT2D eigenvalue weighted by molar-refractivity contribution is 6.42. The van der Waals surface area contributed by atoms with Gasteiger partial charge in [0.25, 0.3) is 0 Å². The number of nitrogens with two attached hydrogens (primary N) is 1. The van der Waals surface area contributed by atoms with Crippen molar-refractivity contribution in [2.75, 3.05) is 0 Å². The molecule has 1 aliphatic carbocycles. The molecule has 1 aromatic rings. The van der Waals surface area contributed by atoms with E-state index < -0.39 is 0 Å². The van der Waals surface area contributed by atoms with Crippen LogP contribution in [0.15, 0.2) is 18.2 Å². The van der Waals surface area contributed by atoms with Crippen molar-refractivity contribution in [3.63, 3.8) is 0 Å². The van der Waals surface area contributed by atoms with E-state index in [0.29, 0.717) is 16.0 Å². The van der Waals surface area contributed by atoms with Crippen LogP contribution in [0, 0.1) is 17.8 Å². The summed E-state index contributed by atoms with van der Waals surface area (Å²) in [4.78, 5) is 0. The van der Waals surface area contributed by atoms with E-state index in [1.807, 2.05) is 18.2 Å². The Morgan fingerprint density at radius 3 is 2.21 bits per heavy atom. The molecule has 1 aromatic carbocycles. The fraction of sp³-hybridized carbons (Fsp3) is 0.625. The topological polar surface area (TPSA) is 26.0 Å². The average Bonchev–Trinajstić information content (AvgIpc) is 2.41. The lowest BCUT2D eigenvalue weighted by molar-refractivity contribution is 0.204. The Morgan fingerprint density at radius 1 is 1.05 bits per heavy atom. The van der Waals surface area contributed by atoms with Gasteiger partial charge in [-0.25, -0.2) is 0 Å². The number of hydrogen-bond donors (Lipinski definition) is 1. The van der Waals surface area contributed by atoms with E-state index in [-0.39, 0.29) is 6.04 Å². The second-order valence-electron chi connectivity index (χ2n) is 6.09. The van der Waals surface area contributed by atoms with Crippen LogP contribution < -0.4 is 5.73 Å². The van der Waals surface area contributed by atoms with Crippen LogP contribution >= 0.6 is 23.2 Å². The van der Waals surface area contributed by atoms with Crippen LogP contribution in [0.4, 0.5) is 0 Å². The quantitative estimate of drug-likeness (QED) is 0.788. The normalized spacial score (nSPS) is 25.6. The summed E-state index contributed by atoms with van der Waals surface area (Å²) < 4.78 is 0. The summed E-state index contributed by atoms with van der Waals surface area (Å²) in [6.45, 7) is 4.64. The molecule has 19 heavy (non-hydrogen) atoms. The molecule has 0 amide bonds. The molecule has 1 atom stereocenters. The Morgan fingerprint density at radius 2 is 1.63 bits per heavy atom. The summed E-state index contributed by atoms with van der Waals surface area (Å²) in [5.41, 5.74) is 7.42. The summed E-state index contributed by atoms with van der Waals surface area (Å²) in [7, 11) is 0. The zero-order valence-electron chi connectivity index (χ0n) is 11.7. The van der Waals surface area contributed by atoms with E-state index in [2.05, 4.69) is 13.8 Å². The summed E-state index contributed by atoms with van der Waals surface area (Å²) in [6, 6.07) is 5.77. The molecule has 2 rings (SSSR count). The van der Waals surface area contributed by atoms with E-state index in [4.69, 9.17) is 28.9 Å². The molecule has 1 fully saturated rings. The van der Waals surface area contributed by atoms with Gasteiger partial charge in [0.2, 0.25) is 0 Å². The lowest BCUT2D eigenvalue weighted by atomic mass is 9.73. The van der Waals surface area contributed by atoms with Gasteiger partial charge in [-0.2, -0.15) is 0 Å². The molecule has 3 heteroatoms.